The van der Waals surface area contributed by atoms with E-state index in [0.717, 1.165) is 12.8 Å². The Hall–Kier alpha value is -2.28. The lowest BCUT2D eigenvalue weighted by atomic mass is 9.98. The number of hydrogen-bond acceptors (Lipinski definition) is 3. The lowest BCUT2D eigenvalue weighted by molar-refractivity contribution is -0.121. The van der Waals surface area contributed by atoms with E-state index in [0.29, 0.717) is 34.9 Å². The van der Waals surface area contributed by atoms with Crippen LogP contribution in [0.3, 0.4) is 0 Å². The van der Waals surface area contributed by atoms with Gasteiger partial charge in [-0.1, -0.05) is 24.4 Å². The summed E-state index contributed by atoms with van der Waals surface area (Å²) in [6.45, 7) is 0. The number of amides is 3. The first kappa shape index (κ1) is 21.0. The molecule has 6 nitrogen and oxygen atoms in total. The van der Waals surface area contributed by atoms with Crippen LogP contribution >= 0.6 is 24.0 Å². The number of nitrogens with two attached hydrogens (primary N) is 1. The number of hydrogen-bond donors (Lipinski definition) is 4. The summed E-state index contributed by atoms with van der Waals surface area (Å²) in [4.78, 5) is 24.3. The van der Waals surface area contributed by atoms with Gasteiger partial charge in [0.15, 0.2) is 0 Å². The summed E-state index contributed by atoms with van der Waals surface area (Å²) < 4.78 is 0. The topological polar surface area (TPSA) is 96.2 Å². The van der Waals surface area contributed by atoms with Crippen LogP contribution in [0.5, 0.6) is 0 Å². The van der Waals surface area contributed by atoms with Crippen molar-refractivity contribution >= 4 is 53.0 Å². The second-order valence-corrected chi connectivity index (χ2v) is 6.92. The van der Waals surface area contributed by atoms with E-state index in [-0.39, 0.29) is 24.3 Å². The van der Waals surface area contributed by atoms with Crippen LogP contribution in [-0.4, -0.2) is 17.5 Å². The molecule has 3 amide bonds. The first-order valence-electron chi connectivity index (χ1n) is 8.49. The van der Waals surface area contributed by atoms with E-state index in [4.69, 9.17) is 17.3 Å². The summed E-state index contributed by atoms with van der Waals surface area (Å²) >= 11 is 5.81. The van der Waals surface area contributed by atoms with E-state index in [1.807, 2.05) is 0 Å². The highest BCUT2D eigenvalue weighted by molar-refractivity contribution is 6.30. The molecule has 0 saturated heterocycles. The van der Waals surface area contributed by atoms with Crippen molar-refractivity contribution < 1.29 is 9.59 Å². The number of urea groups is 1. The maximum atomic E-state index is 12.3. The smallest absolute Gasteiger partial charge is 0.323 e. The molecule has 144 valence electrons. The number of carbonyl (C=O) groups is 2. The molecule has 2 aromatic carbocycles. The molecule has 0 unspecified atom stereocenters. The van der Waals surface area contributed by atoms with E-state index in [1.165, 1.54) is 0 Å². The van der Waals surface area contributed by atoms with Crippen molar-refractivity contribution in [2.24, 2.45) is 5.73 Å². The van der Waals surface area contributed by atoms with Gasteiger partial charge in [0.1, 0.15) is 0 Å². The van der Waals surface area contributed by atoms with Crippen LogP contribution in [0.1, 0.15) is 25.7 Å². The van der Waals surface area contributed by atoms with Crippen molar-refractivity contribution in [2.75, 3.05) is 16.0 Å². The van der Waals surface area contributed by atoms with Crippen molar-refractivity contribution in [3.05, 3.63) is 53.6 Å². The lowest BCUT2D eigenvalue weighted by Crippen LogP contribution is -2.48. The van der Waals surface area contributed by atoms with Crippen molar-refractivity contribution in [1.82, 2.24) is 0 Å². The first-order chi connectivity index (χ1) is 12.4. The SMILES string of the molecule is Cl.NC1(C(=O)Nc2ccc(NC(=O)Nc3ccc(Cl)cc3)cc2)CCCC1. The zero-order chi connectivity index (χ0) is 18.6. The Labute approximate surface area is 169 Å². The molecule has 0 atom stereocenters. The van der Waals surface area contributed by atoms with Crippen molar-refractivity contribution in [1.29, 1.82) is 0 Å². The summed E-state index contributed by atoms with van der Waals surface area (Å²) in [7, 11) is 0. The van der Waals surface area contributed by atoms with Gasteiger partial charge in [-0.3, -0.25) is 4.79 Å². The summed E-state index contributed by atoms with van der Waals surface area (Å²) in [5.41, 5.74) is 7.27. The molecule has 0 radical (unpaired) electrons. The zero-order valence-corrected chi connectivity index (χ0v) is 16.2. The number of carbonyl (C=O) groups excluding carboxylic acids is 2. The molecule has 1 aliphatic rings. The molecule has 0 aliphatic heterocycles. The van der Waals surface area contributed by atoms with Crippen molar-refractivity contribution in [3.63, 3.8) is 0 Å². The van der Waals surface area contributed by atoms with E-state index >= 15 is 0 Å². The molecule has 2 aromatic rings. The standard InChI is InChI=1S/C19H21ClN4O2.ClH/c20-13-3-5-15(6-4-13)23-18(26)24-16-9-7-14(8-10-16)22-17(25)19(21)11-1-2-12-19;/h3-10H,1-2,11-12,21H2,(H,22,25)(H2,23,24,26);1H. The van der Waals surface area contributed by atoms with Crippen LogP contribution in [0, 0.1) is 0 Å². The molecule has 0 spiro atoms. The minimum Gasteiger partial charge on any atom is -0.324 e. The minimum atomic E-state index is -0.768. The average molecular weight is 409 g/mol. The molecule has 0 heterocycles. The molecule has 3 rings (SSSR count). The van der Waals surface area contributed by atoms with E-state index in [9.17, 15) is 9.59 Å². The maximum Gasteiger partial charge on any atom is 0.323 e. The van der Waals surface area contributed by atoms with Gasteiger partial charge in [-0.25, -0.2) is 4.79 Å². The summed E-state index contributed by atoms with van der Waals surface area (Å²) in [6, 6.07) is 13.4. The van der Waals surface area contributed by atoms with Gasteiger partial charge in [0.05, 0.1) is 5.54 Å². The first-order valence-corrected chi connectivity index (χ1v) is 8.86. The maximum absolute atomic E-state index is 12.3. The molecule has 5 N–H and O–H groups in total. The second-order valence-electron chi connectivity index (χ2n) is 6.48. The van der Waals surface area contributed by atoms with Crippen LogP contribution in [0.4, 0.5) is 21.9 Å². The van der Waals surface area contributed by atoms with Gasteiger partial charge in [0, 0.05) is 22.1 Å². The number of anilines is 3. The van der Waals surface area contributed by atoms with Crippen LogP contribution in [0.25, 0.3) is 0 Å². The van der Waals surface area contributed by atoms with Gasteiger partial charge in [-0.05, 0) is 61.4 Å². The number of halogens is 2. The van der Waals surface area contributed by atoms with Crippen LogP contribution < -0.4 is 21.7 Å². The third-order valence-electron chi connectivity index (χ3n) is 4.45. The Kier molecular flexibility index (Phi) is 7.07. The lowest BCUT2D eigenvalue weighted by Gasteiger charge is -2.22. The van der Waals surface area contributed by atoms with E-state index in [2.05, 4.69) is 16.0 Å². The van der Waals surface area contributed by atoms with Gasteiger partial charge in [-0.2, -0.15) is 0 Å². The highest BCUT2D eigenvalue weighted by atomic mass is 35.5. The number of benzene rings is 2. The fourth-order valence-electron chi connectivity index (χ4n) is 2.95. The number of nitrogens with one attached hydrogen (secondary N) is 3. The quantitative estimate of drug-likeness (QED) is 0.594. The van der Waals surface area contributed by atoms with Crippen molar-refractivity contribution in [2.45, 2.75) is 31.2 Å². The normalized spacial score (nSPS) is 14.7. The van der Waals surface area contributed by atoms with Crippen LogP contribution in [0.15, 0.2) is 48.5 Å². The Morgan fingerprint density at radius 3 is 1.70 bits per heavy atom. The van der Waals surface area contributed by atoms with Gasteiger partial charge in [0.2, 0.25) is 5.91 Å². The van der Waals surface area contributed by atoms with Crippen molar-refractivity contribution in [3.8, 4) is 0 Å². The molecule has 27 heavy (non-hydrogen) atoms. The van der Waals surface area contributed by atoms with Gasteiger partial charge in [-0.15, -0.1) is 12.4 Å². The van der Waals surface area contributed by atoms with E-state index in [1.54, 1.807) is 48.5 Å². The van der Waals surface area contributed by atoms with Gasteiger partial charge in [0.25, 0.3) is 0 Å². The average Bonchev–Trinajstić information content (AvgIpc) is 3.07. The molecular formula is C19H22Cl2N4O2. The van der Waals surface area contributed by atoms with E-state index < -0.39 is 5.54 Å². The highest BCUT2D eigenvalue weighted by Crippen LogP contribution is 2.28. The third-order valence-corrected chi connectivity index (χ3v) is 4.70. The molecule has 1 aliphatic carbocycles. The van der Waals surface area contributed by atoms with Gasteiger partial charge < -0.3 is 21.7 Å². The Balaban J connectivity index is 0.00000261. The summed E-state index contributed by atoms with van der Waals surface area (Å²) in [5.74, 6) is -0.156. The summed E-state index contributed by atoms with van der Waals surface area (Å²) in [5, 5.41) is 8.89. The highest BCUT2D eigenvalue weighted by Gasteiger charge is 2.36. The molecule has 1 saturated carbocycles. The Bertz CT molecular complexity index is 788. The molecular weight excluding hydrogens is 387 g/mol. The predicted octanol–water partition coefficient (Wildman–Crippen LogP) is 4.62. The Morgan fingerprint density at radius 2 is 1.22 bits per heavy atom. The number of rotatable bonds is 4. The molecule has 0 aromatic heterocycles. The molecule has 8 heteroatoms. The van der Waals surface area contributed by atoms with Crippen LogP contribution in [-0.2, 0) is 4.79 Å². The Morgan fingerprint density at radius 1 is 0.815 bits per heavy atom. The van der Waals surface area contributed by atoms with Gasteiger partial charge >= 0.3 is 6.03 Å². The van der Waals surface area contributed by atoms with Crippen LogP contribution in [0.2, 0.25) is 5.02 Å². The summed E-state index contributed by atoms with van der Waals surface area (Å²) in [6.07, 6.45) is 3.39. The predicted molar refractivity (Wildman–Crippen MR) is 112 cm³/mol. The monoisotopic (exact) mass is 408 g/mol. The second kappa shape index (κ2) is 9.08. The minimum absolute atomic E-state index is 0. The third kappa shape index (κ3) is 5.60. The molecule has 0 bridgehead atoms. The largest absolute Gasteiger partial charge is 0.324 e. The fourth-order valence-corrected chi connectivity index (χ4v) is 3.08. The zero-order valence-electron chi connectivity index (χ0n) is 14.6. The fraction of sp³-hybridized carbons (Fsp3) is 0.263. The molecule has 1 fully saturated rings.